The Bertz CT molecular complexity index is 734. The van der Waals surface area contributed by atoms with Crippen LogP contribution >= 0.6 is 0 Å². The second kappa shape index (κ2) is 7.22. The van der Waals surface area contributed by atoms with E-state index in [0.717, 1.165) is 44.4 Å². The van der Waals surface area contributed by atoms with E-state index >= 15 is 0 Å². The van der Waals surface area contributed by atoms with Crippen LogP contribution in [0.25, 0.3) is 10.8 Å². The first-order valence-corrected chi connectivity index (χ1v) is 8.76. The van der Waals surface area contributed by atoms with Gasteiger partial charge in [-0.2, -0.15) is 0 Å². The predicted octanol–water partition coefficient (Wildman–Crippen LogP) is 3.85. The molecule has 1 saturated heterocycles. The van der Waals surface area contributed by atoms with Gasteiger partial charge in [-0.05, 0) is 43.0 Å². The summed E-state index contributed by atoms with van der Waals surface area (Å²) in [5, 5.41) is 2.22. The van der Waals surface area contributed by atoms with Gasteiger partial charge in [0.05, 0.1) is 0 Å². The molecule has 24 heavy (non-hydrogen) atoms. The first-order valence-electron chi connectivity index (χ1n) is 8.76. The zero-order valence-corrected chi connectivity index (χ0v) is 14.8. The van der Waals surface area contributed by atoms with Crippen molar-refractivity contribution in [3.8, 4) is 5.75 Å². The number of hydrogen-bond donors (Lipinski definition) is 0. The van der Waals surface area contributed by atoms with Crippen LogP contribution in [0.4, 0.5) is 4.79 Å². The molecule has 2 aromatic rings. The SMILES string of the molecule is CCCc1c(C)cc(OC(=O)N2CCN(C)CC2)c2ccccc12. The van der Waals surface area contributed by atoms with Crippen molar-refractivity contribution >= 4 is 16.9 Å². The summed E-state index contributed by atoms with van der Waals surface area (Å²) in [5.41, 5.74) is 2.55. The van der Waals surface area contributed by atoms with Gasteiger partial charge in [-0.15, -0.1) is 0 Å². The maximum atomic E-state index is 12.5. The van der Waals surface area contributed by atoms with Gasteiger partial charge in [0, 0.05) is 31.6 Å². The molecule has 1 amide bonds. The number of amides is 1. The minimum atomic E-state index is -0.240. The van der Waals surface area contributed by atoms with Crippen LogP contribution in [-0.2, 0) is 6.42 Å². The fraction of sp³-hybridized carbons (Fsp3) is 0.450. The van der Waals surface area contributed by atoms with Crippen molar-refractivity contribution in [2.45, 2.75) is 26.7 Å². The van der Waals surface area contributed by atoms with E-state index in [1.807, 2.05) is 24.3 Å². The number of carbonyl (C=O) groups excluding carboxylic acids is 1. The summed E-state index contributed by atoms with van der Waals surface area (Å²) in [7, 11) is 2.08. The summed E-state index contributed by atoms with van der Waals surface area (Å²) in [5.74, 6) is 0.673. The minimum absolute atomic E-state index is 0.240. The van der Waals surface area contributed by atoms with Crippen molar-refractivity contribution in [3.05, 3.63) is 41.5 Å². The van der Waals surface area contributed by atoms with Gasteiger partial charge in [0.2, 0.25) is 0 Å². The molecule has 0 saturated carbocycles. The molecule has 0 N–H and O–H groups in total. The van der Waals surface area contributed by atoms with Gasteiger partial charge >= 0.3 is 6.09 Å². The fourth-order valence-electron chi connectivity index (χ4n) is 3.35. The van der Waals surface area contributed by atoms with E-state index in [2.05, 4.69) is 31.9 Å². The highest BCUT2D eigenvalue weighted by Gasteiger charge is 2.22. The largest absolute Gasteiger partial charge is 0.415 e. The van der Waals surface area contributed by atoms with Gasteiger partial charge in [0.15, 0.2) is 0 Å². The summed E-state index contributed by atoms with van der Waals surface area (Å²) in [6, 6.07) is 10.2. The summed E-state index contributed by atoms with van der Waals surface area (Å²) >= 11 is 0. The Morgan fingerprint density at radius 3 is 2.46 bits per heavy atom. The number of nitrogens with zero attached hydrogens (tertiary/aromatic N) is 2. The average molecular weight is 326 g/mol. The summed E-state index contributed by atoms with van der Waals surface area (Å²) in [6.45, 7) is 7.52. The molecule has 0 aliphatic carbocycles. The zero-order chi connectivity index (χ0) is 17.1. The highest BCUT2D eigenvalue weighted by Crippen LogP contribution is 2.32. The Morgan fingerprint density at radius 2 is 1.79 bits per heavy atom. The number of piperazine rings is 1. The van der Waals surface area contributed by atoms with Crippen LogP contribution in [0, 0.1) is 6.92 Å². The summed E-state index contributed by atoms with van der Waals surface area (Å²) in [6.07, 6.45) is 1.90. The number of hydrogen-bond acceptors (Lipinski definition) is 3. The molecule has 4 nitrogen and oxygen atoms in total. The molecule has 0 atom stereocenters. The molecule has 0 spiro atoms. The van der Waals surface area contributed by atoms with Gasteiger partial charge in [0.1, 0.15) is 5.75 Å². The van der Waals surface area contributed by atoms with E-state index in [1.165, 1.54) is 16.5 Å². The lowest BCUT2D eigenvalue weighted by Crippen LogP contribution is -2.48. The van der Waals surface area contributed by atoms with E-state index < -0.39 is 0 Å². The second-order valence-electron chi connectivity index (χ2n) is 6.62. The van der Waals surface area contributed by atoms with Crippen molar-refractivity contribution < 1.29 is 9.53 Å². The number of likely N-dealkylation sites (N-methyl/N-ethyl adjacent to an activating group) is 1. The first kappa shape index (κ1) is 16.8. The Balaban J connectivity index is 1.89. The smallest absolute Gasteiger partial charge is 0.410 e. The zero-order valence-electron chi connectivity index (χ0n) is 14.8. The third-order valence-corrected chi connectivity index (χ3v) is 4.80. The van der Waals surface area contributed by atoms with Gasteiger partial charge in [-0.1, -0.05) is 37.6 Å². The van der Waals surface area contributed by atoms with Crippen LogP contribution in [0.3, 0.4) is 0 Å². The Kier molecular flexibility index (Phi) is 5.05. The van der Waals surface area contributed by atoms with E-state index in [4.69, 9.17) is 4.74 Å². The Morgan fingerprint density at radius 1 is 1.12 bits per heavy atom. The lowest BCUT2D eigenvalue weighted by molar-refractivity contribution is 0.121. The molecule has 1 fully saturated rings. The lowest BCUT2D eigenvalue weighted by Gasteiger charge is -2.31. The summed E-state index contributed by atoms with van der Waals surface area (Å²) < 4.78 is 5.78. The third kappa shape index (κ3) is 3.39. The van der Waals surface area contributed by atoms with Crippen molar-refractivity contribution in [2.24, 2.45) is 0 Å². The van der Waals surface area contributed by atoms with Gasteiger partial charge < -0.3 is 14.5 Å². The van der Waals surface area contributed by atoms with Gasteiger partial charge in [0.25, 0.3) is 0 Å². The molecule has 0 bridgehead atoms. The number of carbonyl (C=O) groups is 1. The topological polar surface area (TPSA) is 32.8 Å². The number of fused-ring (bicyclic) bond motifs is 1. The molecule has 1 aliphatic heterocycles. The standard InChI is InChI=1S/C20H26N2O2/c1-4-7-16-15(2)14-19(18-9-6-5-8-17(16)18)24-20(23)22-12-10-21(3)11-13-22/h5-6,8-9,14H,4,7,10-13H2,1-3H3. The number of aryl methyl sites for hydroxylation is 2. The highest BCUT2D eigenvalue weighted by molar-refractivity contribution is 5.93. The van der Waals surface area contributed by atoms with E-state index in [0.29, 0.717) is 5.75 Å². The predicted molar refractivity (Wildman–Crippen MR) is 97.8 cm³/mol. The maximum Gasteiger partial charge on any atom is 0.415 e. The van der Waals surface area contributed by atoms with Crippen molar-refractivity contribution in [3.63, 3.8) is 0 Å². The van der Waals surface area contributed by atoms with Crippen LogP contribution in [0.2, 0.25) is 0 Å². The lowest BCUT2D eigenvalue weighted by atomic mass is 9.96. The van der Waals surface area contributed by atoms with Crippen LogP contribution in [0.15, 0.2) is 30.3 Å². The number of rotatable bonds is 3. The van der Waals surface area contributed by atoms with E-state index in [1.54, 1.807) is 4.90 Å². The highest BCUT2D eigenvalue weighted by atomic mass is 16.6. The molecule has 0 radical (unpaired) electrons. The molecular formula is C20H26N2O2. The molecule has 128 valence electrons. The molecular weight excluding hydrogens is 300 g/mol. The summed E-state index contributed by atoms with van der Waals surface area (Å²) in [4.78, 5) is 16.5. The Hall–Kier alpha value is -2.07. The normalized spacial score (nSPS) is 15.7. The van der Waals surface area contributed by atoms with E-state index in [9.17, 15) is 4.79 Å². The average Bonchev–Trinajstić information content (AvgIpc) is 2.59. The Labute approximate surface area is 144 Å². The first-order chi connectivity index (χ1) is 11.6. The minimum Gasteiger partial charge on any atom is -0.410 e. The van der Waals surface area contributed by atoms with Crippen LogP contribution < -0.4 is 4.74 Å². The van der Waals surface area contributed by atoms with Gasteiger partial charge in [-0.3, -0.25) is 0 Å². The molecule has 0 unspecified atom stereocenters. The van der Waals surface area contributed by atoms with Crippen molar-refractivity contribution in [1.82, 2.24) is 9.80 Å². The van der Waals surface area contributed by atoms with Crippen LogP contribution in [-0.4, -0.2) is 49.1 Å². The number of benzene rings is 2. The second-order valence-corrected chi connectivity index (χ2v) is 6.62. The molecule has 0 aromatic heterocycles. The van der Waals surface area contributed by atoms with Crippen LogP contribution in [0.1, 0.15) is 24.5 Å². The molecule has 1 aliphatic rings. The van der Waals surface area contributed by atoms with Crippen LogP contribution in [0.5, 0.6) is 5.75 Å². The fourth-order valence-corrected chi connectivity index (χ4v) is 3.35. The monoisotopic (exact) mass is 326 g/mol. The van der Waals surface area contributed by atoms with Crippen molar-refractivity contribution in [1.29, 1.82) is 0 Å². The molecule has 3 rings (SSSR count). The molecule has 1 heterocycles. The quantitative estimate of drug-likeness (QED) is 0.859. The van der Waals surface area contributed by atoms with Crippen molar-refractivity contribution in [2.75, 3.05) is 33.2 Å². The molecule has 4 heteroatoms. The molecule has 2 aromatic carbocycles. The number of ether oxygens (including phenoxy) is 1. The third-order valence-electron chi connectivity index (χ3n) is 4.80. The maximum absolute atomic E-state index is 12.5. The van der Waals surface area contributed by atoms with Gasteiger partial charge in [-0.25, -0.2) is 4.79 Å². The van der Waals surface area contributed by atoms with E-state index in [-0.39, 0.29) is 6.09 Å².